The van der Waals surface area contributed by atoms with Crippen LogP contribution in [0.15, 0.2) is 47.6 Å². The number of amides is 1. The van der Waals surface area contributed by atoms with E-state index in [0.717, 1.165) is 41.8 Å². The monoisotopic (exact) mass is 452 g/mol. The van der Waals surface area contributed by atoms with Crippen LogP contribution in [0, 0.1) is 6.92 Å². The van der Waals surface area contributed by atoms with Gasteiger partial charge in [-0.3, -0.25) is 4.79 Å². The van der Waals surface area contributed by atoms with Gasteiger partial charge >= 0.3 is 0 Å². The molecule has 0 N–H and O–H groups in total. The number of nitrogens with zero attached hydrogens (tertiary/aromatic N) is 6. The first kappa shape index (κ1) is 20.8. The Morgan fingerprint density at radius 3 is 2.47 bits per heavy atom. The molecule has 3 aromatic rings. The molecule has 3 heterocycles. The lowest BCUT2D eigenvalue weighted by molar-refractivity contribution is 0.0989. The fourth-order valence-electron chi connectivity index (χ4n) is 4.48. The van der Waals surface area contributed by atoms with Crippen LogP contribution < -0.4 is 4.90 Å². The number of aromatic nitrogens is 4. The van der Waals surface area contributed by atoms with Crippen LogP contribution in [0.2, 0.25) is 0 Å². The molecular formula is C22H24N6O3S. The number of rotatable bonds is 4. The summed E-state index contributed by atoms with van der Waals surface area (Å²) >= 11 is 0. The van der Waals surface area contributed by atoms with Gasteiger partial charge in [0.05, 0.1) is 10.6 Å². The van der Waals surface area contributed by atoms with Crippen LogP contribution in [-0.4, -0.2) is 58.5 Å². The Labute approximate surface area is 186 Å². The molecule has 9 nitrogen and oxygen atoms in total. The average Bonchev–Trinajstić information content (AvgIpc) is 3.49. The number of anilines is 1. The zero-order valence-electron chi connectivity index (χ0n) is 17.8. The zero-order valence-corrected chi connectivity index (χ0v) is 18.6. The second-order valence-electron chi connectivity index (χ2n) is 8.22. The van der Waals surface area contributed by atoms with Crippen molar-refractivity contribution in [3.05, 3.63) is 59.4 Å². The first-order valence-electron chi connectivity index (χ1n) is 10.7. The molecule has 2 aromatic carbocycles. The SMILES string of the molecule is Cc1cc(C(=O)N2CCc3cc(S(=O)(=O)N4CCCCC4)ccc32)ccc1-n1cnnn1. The van der Waals surface area contributed by atoms with Crippen LogP contribution in [-0.2, 0) is 16.4 Å². The van der Waals surface area contributed by atoms with Gasteiger partial charge in [0.2, 0.25) is 10.0 Å². The van der Waals surface area contributed by atoms with Crippen molar-refractivity contribution in [1.82, 2.24) is 24.5 Å². The standard InChI is InChI=1S/C22H24N6O3S/c1-16-13-18(5-7-20(16)28-15-23-24-25-28)22(29)27-12-9-17-14-19(6-8-21(17)27)32(30,31)26-10-3-2-4-11-26/h5-8,13-15H,2-4,9-12H2,1H3. The molecule has 0 spiro atoms. The predicted molar refractivity (Wildman–Crippen MR) is 118 cm³/mol. The molecule has 2 aliphatic rings. The molecular weight excluding hydrogens is 428 g/mol. The lowest BCUT2D eigenvalue weighted by Crippen LogP contribution is -2.35. The van der Waals surface area contributed by atoms with Gasteiger partial charge in [-0.05, 0) is 84.1 Å². The van der Waals surface area contributed by atoms with E-state index in [0.29, 0.717) is 36.5 Å². The summed E-state index contributed by atoms with van der Waals surface area (Å²) in [5, 5.41) is 11.2. The maximum absolute atomic E-state index is 13.2. The fraction of sp³-hybridized carbons (Fsp3) is 0.364. The van der Waals surface area contributed by atoms with Crippen LogP contribution in [0.1, 0.15) is 40.7 Å². The number of aryl methyl sites for hydroxylation is 1. The number of hydrogen-bond donors (Lipinski definition) is 0. The van der Waals surface area contributed by atoms with Crippen molar-refractivity contribution in [3.63, 3.8) is 0 Å². The molecule has 0 atom stereocenters. The number of fused-ring (bicyclic) bond motifs is 1. The summed E-state index contributed by atoms with van der Waals surface area (Å²) in [5.74, 6) is -0.109. The smallest absolute Gasteiger partial charge is 0.258 e. The second-order valence-corrected chi connectivity index (χ2v) is 10.2. The number of hydrogen-bond acceptors (Lipinski definition) is 6. The largest absolute Gasteiger partial charge is 0.308 e. The number of piperidine rings is 1. The third-order valence-electron chi connectivity index (χ3n) is 6.18. The Morgan fingerprint density at radius 2 is 1.75 bits per heavy atom. The van der Waals surface area contributed by atoms with E-state index in [1.165, 1.54) is 6.33 Å². The lowest BCUT2D eigenvalue weighted by atomic mass is 10.1. The molecule has 0 unspecified atom stereocenters. The Kier molecular flexibility index (Phi) is 5.26. The molecule has 1 amide bonds. The van der Waals surface area contributed by atoms with Crippen molar-refractivity contribution in [3.8, 4) is 5.69 Å². The van der Waals surface area contributed by atoms with Crippen molar-refractivity contribution >= 4 is 21.6 Å². The normalized spacial score (nSPS) is 16.8. The fourth-order valence-corrected chi connectivity index (χ4v) is 6.05. The summed E-state index contributed by atoms with van der Waals surface area (Å²) in [6, 6.07) is 10.5. The van der Waals surface area contributed by atoms with E-state index in [-0.39, 0.29) is 5.91 Å². The number of benzene rings is 2. The molecule has 2 aliphatic heterocycles. The highest BCUT2D eigenvalue weighted by molar-refractivity contribution is 7.89. The van der Waals surface area contributed by atoms with Crippen molar-refractivity contribution in [2.24, 2.45) is 0 Å². The molecule has 32 heavy (non-hydrogen) atoms. The minimum Gasteiger partial charge on any atom is -0.308 e. The molecule has 0 saturated carbocycles. The third kappa shape index (κ3) is 3.59. The summed E-state index contributed by atoms with van der Waals surface area (Å²) in [7, 11) is -3.49. The Bertz CT molecular complexity index is 1270. The predicted octanol–water partition coefficient (Wildman–Crippen LogP) is 2.35. The number of carbonyl (C=O) groups is 1. The Hall–Kier alpha value is -3.11. The van der Waals surface area contributed by atoms with E-state index < -0.39 is 10.0 Å². The van der Waals surface area contributed by atoms with Crippen LogP contribution >= 0.6 is 0 Å². The van der Waals surface area contributed by atoms with Gasteiger partial charge in [0, 0.05) is 30.9 Å². The molecule has 0 radical (unpaired) electrons. The maximum Gasteiger partial charge on any atom is 0.258 e. The minimum atomic E-state index is -3.49. The van der Waals surface area contributed by atoms with Gasteiger partial charge in [0.1, 0.15) is 6.33 Å². The molecule has 0 aliphatic carbocycles. The number of carbonyl (C=O) groups excluding carboxylic acids is 1. The van der Waals surface area contributed by atoms with E-state index in [1.54, 1.807) is 38.2 Å². The highest BCUT2D eigenvalue weighted by atomic mass is 32.2. The zero-order chi connectivity index (χ0) is 22.3. The number of tetrazole rings is 1. The summed E-state index contributed by atoms with van der Waals surface area (Å²) in [6.45, 7) is 3.58. The summed E-state index contributed by atoms with van der Waals surface area (Å²) in [6.07, 6.45) is 5.02. The average molecular weight is 453 g/mol. The first-order valence-corrected chi connectivity index (χ1v) is 12.2. The van der Waals surface area contributed by atoms with Gasteiger partial charge in [0.15, 0.2) is 0 Å². The maximum atomic E-state index is 13.2. The van der Waals surface area contributed by atoms with Crippen molar-refractivity contribution in [2.75, 3.05) is 24.5 Å². The number of sulfonamides is 1. The van der Waals surface area contributed by atoms with Crippen LogP contribution in [0.4, 0.5) is 5.69 Å². The highest BCUT2D eigenvalue weighted by Gasteiger charge is 2.30. The Morgan fingerprint density at radius 1 is 0.969 bits per heavy atom. The minimum absolute atomic E-state index is 0.109. The third-order valence-corrected chi connectivity index (χ3v) is 8.08. The van der Waals surface area contributed by atoms with Crippen LogP contribution in [0.5, 0.6) is 0 Å². The van der Waals surface area contributed by atoms with Crippen molar-refractivity contribution in [1.29, 1.82) is 0 Å². The van der Waals surface area contributed by atoms with E-state index in [4.69, 9.17) is 0 Å². The molecule has 1 aromatic heterocycles. The molecule has 1 saturated heterocycles. The molecule has 5 rings (SSSR count). The summed E-state index contributed by atoms with van der Waals surface area (Å²) in [4.78, 5) is 15.3. The van der Waals surface area contributed by atoms with E-state index in [1.807, 2.05) is 19.1 Å². The van der Waals surface area contributed by atoms with Gasteiger partial charge in [0.25, 0.3) is 5.91 Å². The van der Waals surface area contributed by atoms with Crippen molar-refractivity contribution < 1.29 is 13.2 Å². The van der Waals surface area contributed by atoms with Crippen LogP contribution in [0.25, 0.3) is 5.69 Å². The quantitative estimate of drug-likeness (QED) is 0.602. The van der Waals surface area contributed by atoms with Gasteiger partial charge < -0.3 is 4.90 Å². The second kappa shape index (κ2) is 8.10. The van der Waals surface area contributed by atoms with E-state index in [2.05, 4.69) is 15.5 Å². The topological polar surface area (TPSA) is 101 Å². The first-order chi connectivity index (χ1) is 15.4. The van der Waals surface area contributed by atoms with Gasteiger partial charge in [-0.2, -0.15) is 4.31 Å². The van der Waals surface area contributed by atoms with Gasteiger partial charge in [-0.15, -0.1) is 5.10 Å². The molecule has 1 fully saturated rings. The molecule has 10 heteroatoms. The van der Waals surface area contributed by atoms with Crippen LogP contribution in [0.3, 0.4) is 0 Å². The Balaban J connectivity index is 1.40. The van der Waals surface area contributed by atoms with E-state index in [9.17, 15) is 13.2 Å². The van der Waals surface area contributed by atoms with Gasteiger partial charge in [-0.25, -0.2) is 13.1 Å². The molecule has 166 valence electrons. The lowest BCUT2D eigenvalue weighted by Gasteiger charge is -2.26. The summed E-state index contributed by atoms with van der Waals surface area (Å²) in [5.41, 5.74) is 3.91. The molecule has 0 bridgehead atoms. The van der Waals surface area contributed by atoms with E-state index >= 15 is 0 Å². The van der Waals surface area contributed by atoms with Gasteiger partial charge in [-0.1, -0.05) is 6.42 Å². The highest BCUT2D eigenvalue weighted by Crippen LogP contribution is 2.33. The summed E-state index contributed by atoms with van der Waals surface area (Å²) < 4.78 is 29.2. The van der Waals surface area contributed by atoms with Crippen molar-refractivity contribution in [2.45, 2.75) is 37.5 Å².